The smallest absolute Gasteiger partial charge is 0.408 e. The number of nitrogens with zero attached hydrogens (tertiary/aromatic N) is 1. The van der Waals surface area contributed by atoms with Gasteiger partial charge in [0.15, 0.2) is 0 Å². The Morgan fingerprint density at radius 3 is 2.25 bits per heavy atom. The van der Waals surface area contributed by atoms with Gasteiger partial charge in [0, 0.05) is 19.0 Å². The largest absolute Gasteiger partial charge is 0.444 e. The van der Waals surface area contributed by atoms with Crippen molar-refractivity contribution in [2.45, 2.75) is 76.4 Å². The van der Waals surface area contributed by atoms with Gasteiger partial charge in [-0.2, -0.15) is 0 Å². The van der Waals surface area contributed by atoms with Crippen molar-refractivity contribution in [2.75, 3.05) is 13.1 Å². The second-order valence-corrected chi connectivity index (χ2v) is 9.91. The van der Waals surface area contributed by atoms with Crippen molar-refractivity contribution in [3.63, 3.8) is 0 Å². The molecule has 1 N–H and O–H groups in total. The van der Waals surface area contributed by atoms with E-state index in [9.17, 15) is 9.59 Å². The van der Waals surface area contributed by atoms with Gasteiger partial charge in [-0.3, -0.25) is 4.79 Å². The van der Waals surface area contributed by atoms with E-state index < -0.39 is 0 Å². The molecule has 0 bridgehead atoms. The van der Waals surface area contributed by atoms with Crippen LogP contribution in [0.25, 0.3) is 0 Å². The standard InChI is InChI=1S/C23H32N2O3/c1-15-23(24-21(27)28-15)13-18(14-23)20(26)25-11-9-17(10-12-25)16-5-7-19(8-6-16)22(2,3)4/h5-8,15,17-18H,9-14H2,1-4H3,(H,24,27). The van der Waals surface area contributed by atoms with Crippen LogP contribution in [0.1, 0.15) is 70.4 Å². The lowest BCUT2D eigenvalue weighted by Crippen LogP contribution is -2.61. The van der Waals surface area contributed by atoms with Gasteiger partial charge in [-0.1, -0.05) is 45.0 Å². The number of rotatable bonds is 2. The van der Waals surface area contributed by atoms with E-state index in [1.54, 1.807) is 0 Å². The number of hydrogen-bond donors (Lipinski definition) is 1. The van der Waals surface area contributed by atoms with E-state index in [1.807, 2.05) is 11.8 Å². The van der Waals surface area contributed by atoms with Gasteiger partial charge in [0.2, 0.25) is 5.91 Å². The van der Waals surface area contributed by atoms with Crippen molar-refractivity contribution >= 4 is 12.0 Å². The molecule has 1 saturated carbocycles. The molecule has 1 atom stereocenters. The van der Waals surface area contributed by atoms with Gasteiger partial charge in [0.1, 0.15) is 6.10 Å². The first-order valence-electron chi connectivity index (χ1n) is 10.6. The summed E-state index contributed by atoms with van der Waals surface area (Å²) in [5.41, 5.74) is 2.61. The van der Waals surface area contributed by atoms with Crippen molar-refractivity contribution in [2.24, 2.45) is 5.92 Å². The summed E-state index contributed by atoms with van der Waals surface area (Å²) in [5.74, 6) is 0.806. The fourth-order valence-corrected chi connectivity index (χ4v) is 4.98. The van der Waals surface area contributed by atoms with Crippen LogP contribution in [0.5, 0.6) is 0 Å². The van der Waals surface area contributed by atoms with Gasteiger partial charge in [-0.15, -0.1) is 0 Å². The molecule has 152 valence electrons. The Hall–Kier alpha value is -2.04. The highest BCUT2D eigenvalue weighted by Gasteiger charge is 2.57. The lowest BCUT2D eigenvalue weighted by Gasteiger charge is -2.47. The van der Waals surface area contributed by atoms with Gasteiger partial charge < -0.3 is 15.0 Å². The zero-order valence-corrected chi connectivity index (χ0v) is 17.5. The molecule has 5 nitrogen and oxygen atoms in total. The first kappa shape index (κ1) is 19.3. The van der Waals surface area contributed by atoms with E-state index >= 15 is 0 Å². The van der Waals surface area contributed by atoms with Crippen LogP contribution >= 0.6 is 0 Å². The highest BCUT2D eigenvalue weighted by Crippen LogP contribution is 2.45. The van der Waals surface area contributed by atoms with Crippen LogP contribution < -0.4 is 5.32 Å². The topological polar surface area (TPSA) is 58.6 Å². The molecule has 2 heterocycles. The molecule has 5 heteroatoms. The van der Waals surface area contributed by atoms with Crippen molar-refractivity contribution in [3.05, 3.63) is 35.4 Å². The van der Waals surface area contributed by atoms with Crippen LogP contribution in [0.15, 0.2) is 24.3 Å². The second kappa shape index (κ2) is 6.78. The Morgan fingerprint density at radius 2 is 1.75 bits per heavy atom. The Kier molecular flexibility index (Phi) is 4.67. The summed E-state index contributed by atoms with van der Waals surface area (Å²) in [4.78, 5) is 26.4. The van der Waals surface area contributed by atoms with E-state index in [1.165, 1.54) is 11.1 Å². The predicted molar refractivity (Wildman–Crippen MR) is 108 cm³/mol. The Bertz CT molecular complexity index is 751. The van der Waals surface area contributed by atoms with E-state index in [2.05, 4.69) is 50.4 Å². The Morgan fingerprint density at radius 1 is 1.14 bits per heavy atom. The minimum Gasteiger partial charge on any atom is -0.444 e. The van der Waals surface area contributed by atoms with E-state index in [4.69, 9.17) is 4.74 Å². The van der Waals surface area contributed by atoms with Crippen LogP contribution in [-0.4, -0.2) is 41.6 Å². The van der Waals surface area contributed by atoms with Crippen molar-refractivity contribution in [1.29, 1.82) is 0 Å². The van der Waals surface area contributed by atoms with E-state index in [0.717, 1.165) is 25.9 Å². The number of hydrogen-bond acceptors (Lipinski definition) is 3. The molecule has 0 aromatic heterocycles. The number of carbonyl (C=O) groups excluding carboxylic acids is 2. The third-order valence-corrected chi connectivity index (χ3v) is 7.04. The van der Waals surface area contributed by atoms with Gasteiger partial charge in [0.25, 0.3) is 0 Å². The number of carbonyl (C=O) groups is 2. The summed E-state index contributed by atoms with van der Waals surface area (Å²) in [5, 5.41) is 2.92. The van der Waals surface area contributed by atoms with Crippen molar-refractivity contribution < 1.29 is 14.3 Å². The number of nitrogens with one attached hydrogen (secondary N) is 1. The summed E-state index contributed by atoms with van der Waals surface area (Å²) in [7, 11) is 0. The normalized spacial score (nSPS) is 30.7. The maximum atomic E-state index is 12.9. The van der Waals surface area contributed by atoms with Gasteiger partial charge in [0.05, 0.1) is 5.54 Å². The van der Waals surface area contributed by atoms with E-state index in [0.29, 0.717) is 18.8 Å². The van der Waals surface area contributed by atoms with Crippen LogP contribution in [0.4, 0.5) is 4.79 Å². The van der Waals surface area contributed by atoms with Crippen LogP contribution in [0.2, 0.25) is 0 Å². The van der Waals surface area contributed by atoms with Crippen LogP contribution in [0.3, 0.4) is 0 Å². The number of piperidine rings is 1. The number of amides is 2. The molecule has 1 aliphatic carbocycles. The SMILES string of the molecule is CC1OC(=O)NC12CC(C(=O)N1CCC(c3ccc(C(C)(C)C)cc3)CC1)C2. The summed E-state index contributed by atoms with van der Waals surface area (Å²) < 4.78 is 5.21. The predicted octanol–water partition coefficient (Wildman–Crippen LogP) is 3.97. The monoisotopic (exact) mass is 384 g/mol. The fraction of sp³-hybridized carbons (Fsp3) is 0.652. The van der Waals surface area contributed by atoms with Crippen molar-refractivity contribution in [3.8, 4) is 0 Å². The number of alkyl carbamates (subject to hydrolysis) is 1. The minimum absolute atomic E-state index is 0.0204. The number of likely N-dealkylation sites (tertiary alicyclic amines) is 1. The first-order chi connectivity index (χ1) is 13.2. The fourth-order valence-electron chi connectivity index (χ4n) is 4.98. The van der Waals surface area contributed by atoms with Crippen LogP contribution in [-0.2, 0) is 14.9 Å². The van der Waals surface area contributed by atoms with Gasteiger partial charge in [-0.05, 0) is 55.1 Å². The van der Waals surface area contributed by atoms with Crippen molar-refractivity contribution in [1.82, 2.24) is 10.2 Å². The summed E-state index contributed by atoms with van der Waals surface area (Å²) >= 11 is 0. The molecule has 1 spiro atoms. The average molecular weight is 385 g/mol. The molecule has 1 aromatic carbocycles. The lowest BCUT2D eigenvalue weighted by atomic mass is 9.65. The quantitative estimate of drug-likeness (QED) is 0.839. The van der Waals surface area contributed by atoms with Gasteiger partial charge in [-0.25, -0.2) is 4.79 Å². The summed E-state index contributed by atoms with van der Waals surface area (Å²) in [6.07, 6.45) is 2.95. The second-order valence-electron chi connectivity index (χ2n) is 9.91. The number of ether oxygens (including phenoxy) is 1. The number of benzene rings is 1. The van der Waals surface area contributed by atoms with Gasteiger partial charge >= 0.3 is 6.09 Å². The highest BCUT2D eigenvalue weighted by molar-refractivity contribution is 5.82. The lowest BCUT2D eigenvalue weighted by molar-refractivity contribution is -0.143. The maximum absolute atomic E-state index is 12.9. The molecular formula is C23H32N2O3. The maximum Gasteiger partial charge on any atom is 0.408 e. The Balaban J connectivity index is 1.30. The summed E-state index contributed by atoms with van der Waals surface area (Å²) in [6, 6.07) is 9.03. The zero-order valence-electron chi connectivity index (χ0n) is 17.5. The highest BCUT2D eigenvalue weighted by atomic mass is 16.6. The molecule has 3 fully saturated rings. The molecule has 2 saturated heterocycles. The molecule has 0 radical (unpaired) electrons. The molecule has 28 heavy (non-hydrogen) atoms. The third-order valence-electron chi connectivity index (χ3n) is 7.04. The first-order valence-corrected chi connectivity index (χ1v) is 10.6. The Labute approximate surface area is 167 Å². The summed E-state index contributed by atoms with van der Waals surface area (Å²) in [6.45, 7) is 10.3. The molecule has 2 amide bonds. The molecule has 3 aliphatic rings. The third kappa shape index (κ3) is 3.40. The minimum atomic E-state index is -0.350. The molecule has 1 aromatic rings. The average Bonchev–Trinajstić information content (AvgIpc) is 2.93. The molecule has 2 aliphatic heterocycles. The van der Waals surface area contributed by atoms with E-state index in [-0.39, 0.29) is 35.0 Å². The van der Waals surface area contributed by atoms with Crippen LogP contribution in [0, 0.1) is 5.92 Å². The zero-order chi connectivity index (χ0) is 20.1. The molecular weight excluding hydrogens is 352 g/mol. The molecule has 4 rings (SSSR count). The molecule has 1 unspecified atom stereocenters. The number of cyclic esters (lactones) is 1.